The minimum absolute atomic E-state index is 0.0316. The number of amides is 1. The molecule has 106 valence electrons. The molecule has 0 saturated carbocycles. The van der Waals surface area contributed by atoms with Crippen LogP contribution in [0.15, 0.2) is 36.5 Å². The zero-order valence-electron chi connectivity index (χ0n) is 11.7. The number of unbranched alkanes of at least 4 members (excludes halogenated alkanes) is 1. The molecule has 0 aliphatic rings. The molecule has 1 amide bonds. The molecular formula is C16H19ClN2O. The highest BCUT2D eigenvalue weighted by molar-refractivity contribution is 6.18. The predicted octanol–water partition coefficient (Wildman–Crippen LogP) is 3.72. The Morgan fingerprint density at radius 2 is 2.05 bits per heavy atom. The molecule has 1 aromatic heterocycles. The Morgan fingerprint density at radius 1 is 1.25 bits per heavy atom. The van der Waals surface area contributed by atoms with E-state index >= 15 is 0 Å². The lowest BCUT2D eigenvalue weighted by Crippen LogP contribution is -2.34. The lowest BCUT2D eigenvalue weighted by molar-refractivity contribution is 0.0759. The van der Waals surface area contributed by atoms with Crippen LogP contribution in [0.4, 0.5) is 0 Å². The first-order chi connectivity index (χ1) is 9.77. The van der Waals surface area contributed by atoms with E-state index in [4.69, 9.17) is 11.6 Å². The third-order valence-electron chi connectivity index (χ3n) is 3.30. The number of carbonyl (C=O) groups is 1. The number of benzene rings is 1. The first-order valence-electron chi connectivity index (χ1n) is 6.97. The van der Waals surface area contributed by atoms with Gasteiger partial charge >= 0.3 is 0 Å². The summed E-state index contributed by atoms with van der Waals surface area (Å²) in [6.45, 7) is 3.40. The van der Waals surface area contributed by atoms with E-state index in [0.717, 1.165) is 30.2 Å². The third kappa shape index (κ3) is 3.28. The van der Waals surface area contributed by atoms with Crippen LogP contribution < -0.4 is 0 Å². The van der Waals surface area contributed by atoms with Crippen molar-refractivity contribution in [3.8, 4) is 0 Å². The number of carbonyl (C=O) groups excluding carboxylic acids is 1. The molecule has 1 aromatic carbocycles. The van der Waals surface area contributed by atoms with Crippen LogP contribution in [0, 0.1) is 0 Å². The van der Waals surface area contributed by atoms with Gasteiger partial charge in [-0.25, -0.2) is 0 Å². The molecule has 0 radical (unpaired) electrons. The number of hydrogen-bond donors (Lipinski definition) is 0. The Kier molecular flexibility index (Phi) is 5.36. The number of aromatic nitrogens is 1. The van der Waals surface area contributed by atoms with Crippen molar-refractivity contribution in [2.75, 3.05) is 19.0 Å². The minimum Gasteiger partial charge on any atom is -0.336 e. The van der Waals surface area contributed by atoms with Crippen LogP contribution in [0.25, 0.3) is 10.8 Å². The zero-order chi connectivity index (χ0) is 14.4. The maximum Gasteiger partial charge on any atom is 0.273 e. The minimum atomic E-state index is -0.0316. The van der Waals surface area contributed by atoms with Crippen molar-refractivity contribution in [2.24, 2.45) is 0 Å². The molecule has 0 spiro atoms. The van der Waals surface area contributed by atoms with Crippen LogP contribution in [0.5, 0.6) is 0 Å². The Bertz CT molecular complexity index is 580. The molecule has 20 heavy (non-hydrogen) atoms. The van der Waals surface area contributed by atoms with E-state index < -0.39 is 0 Å². The Hall–Kier alpha value is -1.61. The number of hydrogen-bond acceptors (Lipinski definition) is 2. The fourth-order valence-electron chi connectivity index (χ4n) is 2.21. The van der Waals surface area contributed by atoms with Gasteiger partial charge in [0.25, 0.3) is 5.91 Å². The molecule has 0 bridgehead atoms. The van der Waals surface area contributed by atoms with Crippen molar-refractivity contribution in [1.29, 1.82) is 0 Å². The summed E-state index contributed by atoms with van der Waals surface area (Å²) in [7, 11) is 0. The Labute approximate surface area is 124 Å². The van der Waals surface area contributed by atoms with Crippen LogP contribution in [-0.2, 0) is 0 Å². The largest absolute Gasteiger partial charge is 0.336 e. The zero-order valence-corrected chi connectivity index (χ0v) is 12.4. The van der Waals surface area contributed by atoms with Gasteiger partial charge in [-0.1, -0.05) is 37.6 Å². The van der Waals surface area contributed by atoms with Gasteiger partial charge in [-0.15, -0.1) is 11.6 Å². The van der Waals surface area contributed by atoms with E-state index in [0.29, 0.717) is 18.1 Å². The molecule has 0 aliphatic heterocycles. The highest BCUT2D eigenvalue weighted by Gasteiger charge is 2.18. The molecule has 1 heterocycles. The molecule has 0 N–H and O–H groups in total. The van der Waals surface area contributed by atoms with Crippen LogP contribution in [0.2, 0.25) is 0 Å². The first-order valence-corrected chi connectivity index (χ1v) is 7.50. The number of alkyl halides is 1. The number of pyridine rings is 1. The van der Waals surface area contributed by atoms with E-state index in [1.807, 2.05) is 30.3 Å². The molecule has 2 rings (SSSR count). The number of halogens is 1. The lowest BCUT2D eigenvalue weighted by Gasteiger charge is -2.21. The monoisotopic (exact) mass is 290 g/mol. The summed E-state index contributed by atoms with van der Waals surface area (Å²) < 4.78 is 0. The van der Waals surface area contributed by atoms with Crippen molar-refractivity contribution in [2.45, 2.75) is 19.8 Å². The average molecular weight is 291 g/mol. The number of fused-ring (bicyclic) bond motifs is 1. The van der Waals surface area contributed by atoms with Crippen molar-refractivity contribution in [3.63, 3.8) is 0 Å². The summed E-state index contributed by atoms with van der Waals surface area (Å²) in [5.41, 5.74) is 0.518. The van der Waals surface area contributed by atoms with Crippen molar-refractivity contribution in [1.82, 2.24) is 9.88 Å². The van der Waals surface area contributed by atoms with Crippen LogP contribution in [0.3, 0.4) is 0 Å². The second-order valence-electron chi connectivity index (χ2n) is 4.72. The van der Waals surface area contributed by atoms with Crippen molar-refractivity contribution in [3.05, 3.63) is 42.2 Å². The SMILES string of the molecule is CCCCN(CCCl)C(=O)c1nccc2ccccc12. The number of rotatable bonds is 6. The predicted molar refractivity (Wildman–Crippen MR) is 83.3 cm³/mol. The smallest absolute Gasteiger partial charge is 0.273 e. The highest BCUT2D eigenvalue weighted by atomic mass is 35.5. The van der Waals surface area contributed by atoms with E-state index in [2.05, 4.69) is 11.9 Å². The lowest BCUT2D eigenvalue weighted by atomic mass is 10.1. The van der Waals surface area contributed by atoms with Gasteiger partial charge in [-0.05, 0) is 17.9 Å². The summed E-state index contributed by atoms with van der Waals surface area (Å²) in [5, 5.41) is 1.93. The van der Waals surface area contributed by atoms with Gasteiger partial charge in [0.15, 0.2) is 0 Å². The van der Waals surface area contributed by atoms with E-state index in [1.54, 1.807) is 11.1 Å². The van der Waals surface area contributed by atoms with Gasteiger partial charge < -0.3 is 4.90 Å². The quantitative estimate of drug-likeness (QED) is 0.760. The standard InChI is InChI=1S/C16H19ClN2O/c1-2-3-11-19(12-9-17)16(20)15-14-7-5-4-6-13(14)8-10-18-15/h4-8,10H,2-3,9,11-12H2,1H3. The van der Waals surface area contributed by atoms with Gasteiger partial charge in [0.1, 0.15) is 5.69 Å². The summed E-state index contributed by atoms with van der Waals surface area (Å²) >= 11 is 5.81. The molecule has 0 atom stereocenters. The molecule has 4 heteroatoms. The molecule has 3 nitrogen and oxygen atoms in total. The average Bonchev–Trinajstić information content (AvgIpc) is 2.50. The maximum atomic E-state index is 12.7. The van der Waals surface area contributed by atoms with Crippen LogP contribution in [0.1, 0.15) is 30.3 Å². The van der Waals surface area contributed by atoms with E-state index in [1.165, 1.54) is 0 Å². The van der Waals surface area contributed by atoms with Gasteiger partial charge in [-0.2, -0.15) is 0 Å². The Balaban J connectivity index is 2.33. The van der Waals surface area contributed by atoms with Gasteiger partial charge in [-0.3, -0.25) is 9.78 Å². The topological polar surface area (TPSA) is 33.2 Å². The fraction of sp³-hybridized carbons (Fsp3) is 0.375. The summed E-state index contributed by atoms with van der Waals surface area (Å²) in [6.07, 6.45) is 3.72. The van der Waals surface area contributed by atoms with Crippen LogP contribution >= 0.6 is 11.6 Å². The van der Waals surface area contributed by atoms with Gasteiger partial charge in [0.05, 0.1) is 0 Å². The van der Waals surface area contributed by atoms with Gasteiger partial charge in [0, 0.05) is 30.6 Å². The molecule has 0 fully saturated rings. The fourth-order valence-corrected chi connectivity index (χ4v) is 2.41. The molecule has 0 unspecified atom stereocenters. The van der Waals surface area contributed by atoms with Crippen LogP contribution in [-0.4, -0.2) is 34.8 Å². The third-order valence-corrected chi connectivity index (χ3v) is 3.47. The highest BCUT2D eigenvalue weighted by Crippen LogP contribution is 2.18. The molecule has 0 aliphatic carbocycles. The second kappa shape index (κ2) is 7.25. The second-order valence-corrected chi connectivity index (χ2v) is 5.09. The van der Waals surface area contributed by atoms with E-state index in [9.17, 15) is 4.79 Å². The molecule has 0 saturated heterocycles. The first kappa shape index (κ1) is 14.8. The summed E-state index contributed by atoms with van der Waals surface area (Å²) in [4.78, 5) is 18.7. The van der Waals surface area contributed by atoms with Gasteiger partial charge in [0.2, 0.25) is 0 Å². The number of nitrogens with zero attached hydrogens (tertiary/aromatic N) is 2. The van der Waals surface area contributed by atoms with Crippen molar-refractivity contribution < 1.29 is 4.79 Å². The molecular weight excluding hydrogens is 272 g/mol. The Morgan fingerprint density at radius 3 is 2.80 bits per heavy atom. The maximum absolute atomic E-state index is 12.7. The molecule has 2 aromatic rings. The van der Waals surface area contributed by atoms with Crippen molar-refractivity contribution >= 4 is 28.3 Å². The van der Waals surface area contributed by atoms with E-state index in [-0.39, 0.29) is 5.91 Å². The summed E-state index contributed by atoms with van der Waals surface area (Å²) in [6, 6.07) is 9.74. The normalized spacial score (nSPS) is 10.7. The summed E-state index contributed by atoms with van der Waals surface area (Å²) in [5.74, 6) is 0.413.